The lowest BCUT2D eigenvalue weighted by atomic mass is 10.00. The van der Waals surface area contributed by atoms with Crippen LogP contribution in [0.5, 0.6) is 0 Å². The number of carbonyl (C=O) groups excluding carboxylic acids is 1. The van der Waals surface area contributed by atoms with Crippen LogP contribution in [0, 0.1) is 0 Å². The van der Waals surface area contributed by atoms with Crippen molar-refractivity contribution in [1.82, 2.24) is 4.90 Å². The third kappa shape index (κ3) is 4.42. The highest BCUT2D eigenvalue weighted by Gasteiger charge is 2.20. The Labute approximate surface area is 117 Å². The Bertz CT molecular complexity index is 356. The SMILES string of the molecule is COCCN(CCBr)C(=O)C(C)c1ccccc1. The van der Waals surface area contributed by atoms with Crippen LogP contribution in [0.25, 0.3) is 0 Å². The van der Waals surface area contributed by atoms with E-state index in [1.54, 1.807) is 7.11 Å². The number of methoxy groups -OCH3 is 1. The smallest absolute Gasteiger partial charge is 0.229 e. The summed E-state index contributed by atoms with van der Waals surface area (Å²) in [6, 6.07) is 9.87. The highest BCUT2D eigenvalue weighted by Crippen LogP contribution is 2.17. The number of rotatable bonds is 7. The molecule has 0 N–H and O–H groups in total. The largest absolute Gasteiger partial charge is 0.383 e. The summed E-state index contributed by atoms with van der Waals surface area (Å²) in [5, 5.41) is 0.782. The highest BCUT2D eigenvalue weighted by molar-refractivity contribution is 9.09. The van der Waals surface area contributed by atoms with E-state index < -0.39 is 0 Å². The van der Waals surface area contributed by atoms with Gasteiger partial charge in [-0.15, -0.1) is 0 Å². The average molecular weight is 314 g/mol. The highest BCUT2D eigenvalue weighted by atomic mass is 79.9. The van der Waals surface area contributed by atoms with Crippen molar-refractivity contribution in [2.24, 2.45) is 0 Å². The van der Waals surface area contributed by atoms with Crippen LogP contribution < -0.4 is 0 Å². The van der Waals surface area contributed by atoms with Gasteiger partial charge in [-0.25, -0.2) is 0 Å². The molecule has 0 aliphatic heterocycles. The van der Waals surface area contributed by atoms with Crippen LogP contribution in [0.2, 0.25) is 0 Å². The first kappa shape index (κ1) is 15.2. The average Bonchev–Trinajstić information content (AvgIpc) is 2.43. The van der Waals surface area contributed by atoms with E-state index in [1.165, 1.54) is 0 Å². The van der Waals surface area contributed by atoms with Crippen LogP contribution in [-0.2, 0) is 9.53 Å². The number of amides is 1. The molecule has 0 saturated carbocycles. The Kier molecular flexibility index (Phi) is 6.98. The van der Waals surface area contributed by atoms with Gasteiger partial charge in [-0.2, -0.15) is 0 Å². The Morgan fingerprint density at radius 2 is 2.00 bits per heavy atom. The normalized spacial score (nSPS) is 12.2. The maximum atomic E-state index is 12.4. The Morgan fingerprint density at radius 3 is 2.56 bits per heavy atom. The van der Waals surface area contributed by atoms with Gasteiger partial charge in [0, 0.05) is 25.5 Å². The predicted octanol–water partition coefficient (Wildman–Crippen LogP) is 2.66. The fourth-order valence-corrected chi connectivity index (χ4v) is 2.22. The molecule has 18 heavy (non-hydrogen) atoms. The summed E-state index contributed by atoms with van der Waals surface area (Å²) in [7, 11) is 1.65. The van der Waals surface area contributed by atoms with Crippen LogP contribution in [0.15, 0.2) is 30.3 Å². The van der Waals surface area contributed by atoms with Gasteiger partial charge in [0.15, 0.2) is 0 Å². The molecule has 0 aliphatic carbocycles. The van der Waals surface area contributed by atoms with E-state index in [1.807, 2.05) is 42.2 Å². The molecule has 1 atom stereocenters. The Morgan fingerprint density at radius 1 is 1.33 bits per heavy atom. The molecule has 0 radical (unpaired) electrons. The van der Waals surface area contributed by atoms with Gasteiger partial charge in [0.1, 0.15) is 0 Å². The van der Waals surface area contributed by atoms with Gasteiger partial charge in [-0.1, -0.05) is 46.3 Å². The standard InChI is InChI=1S/C14H20BrNO2/c1-12(13-6-4-3-5-7-13)14(17)16(9-8-15)10-11-18-2/h3-7,12H,8-11H2,1-2H3. The summed E-state index contributed by atoms with van der Waals surface area (Å²) >= 11 is 3.38. The number of hydrogen-bond acceptors (Lipinski definition) is 2. The number of nitrogens with zero attached hydrogens (tertiary/aromatic N) is 1. The van der Waals surface area contributed by atoms with Crippen LogP contribution in [0.3, 0.4) is 0 Å². The number of benzene rings is 1. The van der Waals surface area contributed by atoms with Gasteiger partial charge >= 0.3 is 0 Å². The summed E-state index contributed by atoms with van der Waals surface area (Å²) in [6.45, 7) is 3.86. The molecule has 100 valence electrons. The molecule has 0 aliphatic rings. The molecule has 0 spiro atoms. The summed E-state index contributed by atoms with van der Waals surface area (Å²) in [4.78, 5) is 14.2. The van der Waals surface area contributed by atoms with Gasteiger partial charge in [0.25, 0.3) is 0 Å². The van der Waals surface area contributed by atoms with E-state index in [0.717, 1.165) is 10.9 Å². The molecule has 0 fully saturated rings. The molecule has 1 rings (SSSR count). The van der Waals surface area contributed by atoms with E-state index in [0.29, 0.717) is 19.7 Å². The maximum Gasteiger partial charge on any atom is 0.229 e. The van der Waals surface area contributed by atoms with Crippen LogP contribution in [0.1, 0.15) is 18.4 Å². The molecular weight excluding hydrogens is 294 g/mol. The van der Waals surface area contributed by atoms with Crippen molar-refractivity contribution >= 4 is 21.8 Å². The molecule has 1 aromatic rings. The second-order valence-corrected chi connectivity index (χ2v) is 4.93. The van der Waals surface area contributed by atoms with Crippen LogP contribution >= 0.6 is 15.9 Å². The molecule has 1 amide bonds. The van der Waals surface area contributed by atoms with Crippen LogP contribution in [-0.4, -0.2) is 42.9 Å². The molecule has 3 nitrogen and oxygen atoms in total. The molecule has 1 aromatic carbocycles. The minimum absolute atomic E-state index is 0.109. The number of alkyl halides is 1. The number of hydrogen-bond donors (Lipinski definition) is 0. The Hall–Kier alpha value is -0.870. The Balaban J connectivity index is 2.69. The van der Waals surface area contributed by atoms with Gasteiger partial charge in [0.2, 0.25) is 5.91 Å². The lowest BCUT2D eigenvalue weighted by Gasteiger charge is -2.25. The first-order valence-corrected chi connectivity index (χ1v) is 7.21. The summed E-state index contributed by atoms with van der Waals surface area (Å²) in [5.41, 5.74) is 1.06. The van der Waals surface area contributed by atoms with Crippen molar-refractivity contribution in [3.05, 3.63) is 35.9 Å². The van der Waals surface area contributed by atoms with Crippen molar-refractivity contribution in [2.45, 2.75) is 12.8 Å². The van der Waals surface area contributed by atoms with E-state index in [-0.39, 0.29) is 11.8 Å². The van der Waals surface area contributed by atoms with Gasteiger partial charge < -0.3 is 9.64 Å². The van der Waals surface area contributed by atoms with E-state index in [9.17, 15) is 4.79 Å². The van der Waals surface area contributed by atoms with Crippen molar-refractivity contribution in [3.63, 3.8) is 0 Å². The van der Waals surface area contributed by atoms with Crippen molar-refractivity contribution in [2.75, 3.05) is 32.1 Å². The van der Waals surface area contributed by atoms with Crippen molar-refractivity contribution in [3.8, 4) is 0 Å². The third-order valence-electron chi connectivity index (χ3n) is 2.90. The van der Waals surface area contributed by atoms with Gasteiger partial charge in [-0.05, 0) is 12.5 Å². The number of ether oxygens (including phenoxy) is 1. The zero-order chi connectivity index (χ0) is 13.4. The third-order valence-corrected chi connectivity index (χ3v) is 3.26. The number of halogens is 1. The molecule has 0 aromatic heterocycles. The minimum Gasteiger partial charge on any atom is -0.383 e. The van der Waals surface area contributed by atoms with E-state index in [2.05, 4.69) is 15.9 Å². The van der Waals surface area contributed by atoms with E-state index >= 15 is 0 Å². The summed E-state index contributed by atoms with van der Waals surface area (Å²) < 4.78 is 5.05. The molecular formula is C14H20BrNO2. The monoisotopic (exact) mass is 313 g/mol. The first-order valence-electron chi connectivity index (χ1n) is 6.09. The number of carbonyl (C=O) groups is 1. The fraction of sp³-hybridized carbons (Fsp3) is 0.500. The predicted molar refractivity (Wildman–Crippen MR) is 77.1 cm³/mol. The topological polar surface area (TPSA) is 29.5 Å². The van der Waals surface area contributed by atoms with Crippen LogP contribution in [0.4, 0.5) is 0 Å². The van der Waals surface area contributed by atoms with E-state index in [4.69, 9.17) is 4.74 Å². The molecule has 0 saturated heterocycles. The second kappa shape index (κ2) is 8.27. The fourth-order valence-electron chi connectivity index (χ4n) is 1.79. The molecule has 0 heterocycles. The van der Waals surface area contributed by atoms with Crippen molar-refractivity contribution in [1.29, 1.82) is 0 Å². The first-order chi connectivity index (χ1) is 8.70. The summed E-state index contributed by atoms with van der Waals surface area (Å²) in [6.07, 6.45) is 0. The zero-order valence-corrected chi connectivity index (χ0v) is 12.5. The molecule has 1 unspecified atom stereocenters. The van der Waals surface area contributed by atoms with Gasteiger partial charge in [0.05, 0.1) is 12.5 Å². The van der Waals surface area contributed by atoms with Crippen molar-refractivity contribution < 1.29 is 9.53 Å². The lowest BCUT2D eigenvalue weighted by Crippen LogP contribution is -2.38. The quantitative estimate of drug-likeness (QED) is 0.724. The molecule has 0 bridgehead atoms. The molecule has 4 heteroatoms. The lowest BCUT2D eigenvalue weighted by molar-refractivity contribution is -0.132. The second-order valence-electron chi connectivity index (χ2n) is 4.14. The minimum atomic E-state index is -0.109. The zero-order valence-electron chi connectivity index (χ0n) is 10.9. The maximum absolute atomic E-state index is 12.4. The summed E-state index contributed by atoms with van der Waals surface area (Å²) in [5.74, 6) is 0.0415. The van der Waals surface area contributed by atoms with Gasteiger partial charge in [-0.3, -0.25) is 4.79 Å².